The molecule has 1 aliphatic heterocycles. The van der Waals surface area contributed by atoms with Crippen molar-refractivity contribution in [1.82, 2.24) is 26.6 Å². The first-order valence-corrected chi connectivity index (χ1v) is 20.1. The molecule has 1 unspecified atom stereocenters. The number of alkyl halides is 1. The molecular formula is C40H58IN5O7. The molecule has 1 fully saturated rings. The van der Waals surface area contributed by atoms with Crippen LogP contribution in [0.15, 0.2) is 60.7 Å². The van der Waals surface area contributed by atoms with Gasteiger partial charge in [0.2, 0.25) is 23.6 Å². The predicted molar refractivity (Wildman–Crippen MR) is 213 cm³/mol. The van der Waals surface area contributed by atoms with E-state index < -0.39 is 53.3 Å². The fraction of sp³-hybridized carbons (Fsp3) is 0.575. The van der Waals surface area contributed by atoms with Crippen molar-refractivity contribution in [2.45, 2.75) is 109 Å². The maximum absolute atomic E-state index is 14.1. The van der Waals surface area contributed by atoms with Gasteiger partial charge in [-0.1, -0.05) is 111 Å². The molecular weight excluding hydrogens is 789 g/mol. The Morgan fingerprint density at radius 2 is 1.32 bits per heavy atom. The molecule has 0 aliphatic carbocycles. The molecule has 1 saturated heterocycles. The molecule has 0 saturated carbocycles. The molecule has 2 aromatic rings. The minimum absolute atomic E-state index is 0.00990. The average molecular weight is 848 g/mol. The summed E-state index contributed by atoms with van der Waals surface area (Å²) in [5, 5.41) is 25.4. The van der Waals surface area contributed by atoms with E-state index in [1.54, 1.807) is 0 Å². The Morgan fingerprint density at radius 3 is 1.89 bits per heavy atom. The molecule has 6 atom stereocenters. The first-order valence-electron chi connectivity index (χ1n) is 18.6. The van der Waals surface area contributed by atoms with E-state index in [9.17, 15) is 29.1 Å². The monoisotopic (exact) mass is 847 g/mol. The van der Waals surface area contributed by atoms with Crippen LogP contribution in [-0.2, 0) is 41.6 Å². The van der Waals surface area contributed by atoms with Crippen LogP contribution < -0.4 is 26.6 Å². The summed E-state index contributed by atoms with van der Waals surface area (Å²) in [5.74, 6) is -2.46. The number of aliphatic hydroxyl groups is 1. The second-order valence-electron chi connectivity index (χ2n) is 14.9. The van der Waals surface area contributed by atoms with Crippen LogP contribution in [0.1, 0.15) is 71.4 Å². The van der Waals surface area contributed by atoms with Gasteiger partial charge in [0.15, 0.2) is 5.78 Å². The van der Waals surface area contributed by atoms with E-state index in [1.165, 1.54) is 6.92 Å². The number of halogens is 1. The van der Waals surface area contributed by atoms with Crippen molar-refractivity contribution in [3.63, 3.8) is 0 Å². The van der Waals surface area contributed by atoms with Crippen LogP contribution in [0.5, 0.6) is 0 Å². The zero-order valence-electron chi connectivity index (χ0n) is 31.7. The fourth-order valence-electron chi connectivity index (χ4n) is 6.16. The quantitative estimate of drug-likeness (QED) is 0.0822. The zero-order valence-corrected chi connectivity index (χ0v) is 33.8. The van der Waals surface area contributed by atoms with Crippen molar-refractivity contribution < 1.29 is 33.8 Å². The van der Waals surface area contributed by atoms with E-state index >= 15 is 0 Å². The molecule has 0 bridgehead atoms. The summed E-state index contributed by atoms with van der Waals surface area (Å²) in [7, 11) is 0. The third kappa shape index (κ3) is 15.5. The van der Waals surface area contributed by atoms with Crippen LogP contribution in [0.2, 0.25) is 0 Å². The Kier molecular flexibility index (Phi) is 18.3. The average Bonchev–Trinajstić information content (AvgIpc) is 3.12. The topological polar surface area (TPSA) is 175 Å². The van der Waals surface area contributed by atoms with Crippen molar-refractivity contribution in [2.75, 3.05) is 24.1 Å². The molecule has 1 aliphatic rings. The van der Waals surface area contributed by atoms with Crippen LogP contribution in [-0.4, -0.2) is 94.5 Å². The number of Topliss-reactive ketones (excluding diaryl/α,β-unsaturated/α-hetero) is 1. The largest absolute Gasteiger partial charge is 0.381 e. The van der Waals surface area contributed by atoms with Crippen molar-refractivity contribution in [1.29, 1.82) is 0 Å². The van der Waals surface area contributed by atoms with Crippen LogP contribution in [0.3, 0.4) is 0 Å². The maximum Gasteiger partial charge on any atom is 0.243 e. The Labute approximate surface area is 327 Å². The first-order chi connectivity index (χ1) is 25.2. The number of ether oxygens (including phenoxy) is 1. The molecule has 53 heavy (non-hydrogen) atoms. The zero-order chi connectivity index (χ0) is 39.0. The minimum Gasteiger partial charge on any atom is -0.381 e. The van der Waals surface area contributed by atoms with E-state index in [1.807, 2.05) is 111 Å². The SMILES string of the molecule is CC(C)C[C@H](NC(=O)C(CCc1ccccc1)NC(=O)C[C@H]1CNCCO1)C(=O)N[C@@H](Cc1ccccc1)C(=O)N[C@@H](CC(C)C)C(=O)[C@](C)(O)CI. The van der Waals surface area contributed by atoms with Crippen LogP contribution >= 0.6 is 22.6 Å². The predicted octanol–water partition coefficient (Wildman–Crippen LogP) is 3.03. The Balaban J connectivity index is 1.84. The summed E-state index contributed by atoms with van der Waals surface area (Å²) in [6.45, 7) is 10.9. The van der Waals surface area contributed by atoms with E-state index in [2.05, 4.69) is 26.6 Å². The highest BCUT2D eigenvalue weighted by Gasteiger charge is 2.38. The summed E-state index contributed by atoms with van der Waals surface area (Å²) in [6.07, 6.45) is 1.29. The number of amides is 4. The first kappa shape index (κ1) is 44.0. The minimum atomic E-state index is -1.65. The van der Waals surface area contributed by atoms with Crippen LogP contribution in [0.4, 0.5) is 0 Å². The van der Waals surface area contributed by atoms with Gasteiger partial charge < -0.3 is 36.4 Å². The summed E-state index contributed by atoms with van der Waals surface area (Å²) < 4.78 is 5.84. The standard InChI is InChI=1S/C40H58IN5O7/c1-26(2)20-32(36(48)40(5,52)25-41)44-39(51)34(22-29-14-10-7-11-15-29)46-38(50)33(21-27(3)4)45-37(49)31(17-16-28-12-8-6-9-13-28)43-35(47)23-30-24-42-18-19-53-30/h6-15,26-27,30-34,42,52H,16-25H2,1-5H3,(H,43,47)(H,44,51)(H,45,49)(H,46,50)/t30-,31?,32-,33-,34-,40+/m0/s1. The van der Waals surface area contributed by atoms with E-state index in [-0.39, 0.29) is 47.5 Å². The fourth-order valence-corrected chi connectivity index (χ4v) is 6.53. The van der Waals surface area contributed by atoms with Gasteiger partial charge in [-0.2, -0.15) is 0 Å². The van der Waals surface area contributed by atoms with Gasteiger partial charge in [0, 0.05) is 23.9 Å². The van der Waals surface area contributed by atoms with Crippen molar-refractivity contribution in [3.05, 3.63) is 71.8 Å². The molecule has 0 aromatic heterocycles. The van der Waals surface area contributed by atoms with Gasteiger partial charge in [0.25, 0.3) is 0 Å². The lowest BCUT2D eigenvalue weighted by atomic mass is 9.91. The number of carbonyl (C=O) groups excluding carboxylic acids is 5. The highest BCUT2D eigenvalue weighted by atomic mass is 127. The van der Waals surface area contributed by atoms with Gasteiger partial charge in [-0.15, -0.1) is 0 Å². The molecule has 3 rings (SSSR count). The van der Waals surface area contributed by atoms with E-state index in [4.69, 9.17) is 4.74 Å². The molecule has 0 spiro atoms. The third-order valence-corrected chi connectivity index (χ3v) is 10.5. The third-order valence-electron chi connectivity index (χ3n) is 9.02. The van der Waals surface area contributed by atoms with Gasteiger partial charge in [-0.3, -0.25) is 24.0 Å². The second kappa shape index (κ2) is 22.1. The molecule has 0 radical (unpaired) electrons. The molecule has 1 heterocycles. The van der Waals surface area contributed by atoms with E-state index in [0.717, 1.165) is 11.1 Å². The number of ketones is 1. The molecule has 13 heteroatoms. The Bertz CT molecular complexity index is 1470. The number of hydrogen-bond acceptors (Lipinski definition) is 8. The van der Waals surface area contributed by atoms with Crippen LogP contribution in [0, 0.1) is 11.8 Å². The smallest absolute Gasteiger partial charge is 0.243 e. The number of carbonyl (C=O) groups is 5. The Morgan fingerprint density at radius 1 is 0.792 bits per heavy atom. The molecule has 12 nitrogen and oxygen atoms in total. The Hall–Kier alpha value is -3.40. The van der Waals surface area contributed by atoms with Gasteiger partial charge in [-0.25, -0.2) is 0 Å². The summed E-state index contributed by atoms with van der Waals surface area (Å²) in [4.78, 5) is 68.5. The molecule has 6 N–H and O–H groups in total. The number of aryl methyl sites for hydroxylation is 1. The van der Waals surface area contributed by atoms with Gasteiger partial charge in [0.1, 0.15) is 23.7 Å². The highest BCUT2D eigenvalue weighted by molar-refractivity contribution is 14.1. The molecule has 4 amide bonds. The summed E-state index contributed by atoms with van der Waals surface area (Å²) in [6, 6.07) is 14.8. The lowest BCUT2D eigenvalue weighted by Crippen LogP contribution is -2.59. The van der Waals surface area contributed by atoms with Gasteiger partial charge >= 0.3 is 0 Å². The van der Waals surface area contributed by atoms with Gasteiger partial charge in [0.05, 0.1) is 25.2 Å². The molecule has 292 valence electrons. The van der Waals surface area contributed by atoms with Crippen molar-refractivity contribution in [3.8, 4) is 0 Å². The number of benzene rings is 2. The normalized spacial score (nSPS) is 17.9. The van der Waals surface area contributed by atoms with Gasteiger partial charge in [-0.05, 0) is 55.6 Å². The van der Waals surface area contributed by atoms with Crippen LogP contribution in [0.25, 0.3) is 0 Å². The summed E-state index contributed by atoms with van der Waals surface area (Å²) >= 11 is 1.94. The lowest BCUT2D eigenvalue weighted by molar-refractivity contribution is -0.139. The van der Waals surface area contributed by atoms with Crippen molar-refractivity contribution in [2.24, 2.45) is 11.8 Å². The van der Waals surface area contributed by atoms with Crippen molar-refractivity contribution >= 4 is 52.0 Å². The maximum atomic E-state index is 14.1. The molecule has 2 aromatic carbocycles. The number of hydrogen-bond donors (Lipinski definition) is 6. The number of nitrogens with one attached hydrogen (secondary N) is 5. The van der Waals surface area contributed by atoms with E-state index in [0.29, 0.717) is 39.0 Å². The lowest BCUT2D eigenvalue weighted by Gasteiger charge is -2.30. The summed E-state index contributed by atoms with van der Waals surface area (Å²) in [5.41, 5.74) is 0.134. The number of rotatable bonds is 21. The second-order valence-corrected chi connectivity index (χ2v) is 15.7. The number of morpholine rings is 1. The highest BCUT2D eigenvalue weighted by Crippen LogP contribution is 2.18.